The van der Waals surface area contributed by atoms with Gasteiger partial charge < -0.3 is 10.3 Å². The molecule has 2 bridgehead atoms. The predicted octanol–water partition coefficient (Wildman–Crippen LogP) is 6.20. The van der Waals surface area contributed by atoms with Crippen molar-refractivity contribution in [1.29, 1.82) is 0 Å². The number of anilines is 1. The lowest BCUT2D eigenvalue weighted by Crippen LogP contribution is -2.47. The zero-order valence-electron chi connectivity index (χ0n) is 18.5. The Morgan fingerprint density at radius 2 is 1.82 bits per heavy atom. The van der Waals surface area contributed by atoms with E-state index in [1.165, 1.54) is 43.9 Å². The van der Waals surface area contributed by atoms with Gasteiger partial charge in [0.15, 0.2) is 5.82 Å². The fourth-order valence-corrected chi connectivity index (χ4v) is 5.96. The van der Waals surface area contributed by atoms with E-state index in [4.69, 9.17) is 4.98 Å². The molecule has 3 saturated carbocycles. The highest BCUT2D eigenvalue weighted by Crippen LogP contribution is 2.46. The van der Waals surface area contributed by atoms with Crippen molar-refractivity contribution in [2.24, 2.45) is 17.8 Å². The third-order valence-corrected chi connectivity index (χ3v) is 7.78. The van der Waals surface area contributed by atoms with Crippen LogP contribution in [-0.4, -0.2) is 25.9 Å². The summed E-state index contributed by atoms with van der Waals surface area (Å²) in [6.07, 6.45) is 6.39. The van der Waals surface area contributed by atoms with Crippen molar-refractivity contribution in [3.63, 3.8) is 0 Å². The first-order valence-corrected chi connectivity index (χ1v) is 11.6. The molecule has 0 unspecified atom stereocenters. The van der Waals surface area contributed by atoms with Crippen molar-refractivity contribution in [3.05, 3.63) is 58.3 Å². The van der Waals surface area contributed by atoms with Crippen LogP contribution in [0.4, 0.5) is 20.3 Å². The van der Waals surface area contributed by atoms with Crippen molar-refractivity contribution in [2.45, 2.75) is 38.6 Å². The number of nitro groups is 1. The standard InChI is InChI=1S/C25H23F2N5O2/c1-12-13-2-4-14(5-3-13)22(12)30-24-17-7-6-16(32(33)34)10-21(17)29-25(31-24)19-11-28-23-18(19)8-15(26)9-20(23)27/h6-14,22,28H,2-5H2,1H3,(H,29,30,31)/t12-,13?,14?,22+/m1/s1. The van der Waals surface area contributed by atoms with Gasteiger partial charge in [0, 0.05) is 46.8 Å². The Labute approximate surface area is 193 Å². The number of benzene rings is 2. The van der Waals surface area contributed by atoms with Crippen LogP contribution >= 0.6 is 0 Å². The van der Waals surface area contributed by atoms with Crippen LogP contribution in [0.5, 0.6) is 0 Å². The minimum Gasteiger partial charge on any atom is -0.366 e. The fraction of sp³-hybridized carbons (Fsp3) is 0.360. The van der Waals surface area contributed by atoms with E-state index >= 15 is 0 Å². The number of nitrogens with one attached hydrogen (secondary N) is 2. The van der Waals surface area contributed by atoms with E-state index in [0.29, 0.717) is 45.4 Å². The smallest absolute Gasteiger partial charge is 0.271 e. The van der Waals surface area contributed by atoms with Gasteiger partial charge in [0.05, 0.1) is 16.0 Å². The number of hydrogen-bond donors (Lipinski definition) is 2. The lowest BCUT2D eigenvalue weighted by atomic mass is 9.62. The Balaban J connectivity index is 1.52. The van der Waals surface area contributed by atoms with Crippen molar-refractivity contribution in [2.75, 3.05) is 5.32 Å². The minimum atomic E-state index is -0.705. The van der Waals surface area contributed by atoms with Gasteiger partial charge >= 0.3 is 0 Å². The molecule has 0 amide bonds. The summed E-state index contributed by atoms with van der Waals surface area (Å²) in [4.78, 5) is 23.1. The maximum Gasteiger partial charge on any atom is 0.271 e. The Hall–Kier alpha value is -3.62. The highest BCUT2D eigenvalue weighted by atomic mass is 19.1. The number of fused-ring (bicyclic) bond motifs is 5. The molecule has 2 N–H and O–H groups in total. The second kappa shape index (κ2) is 7.72. The first-order valence-electron chi connectivity index (χ1n) is 11.6. The molecule has 4 aromatic rings. The molecule has 2 aromatic carbocycles. The Morgan fingerprint density at radius 1 is 1.06 bits per heavy atom. The number of rotatable bonds is 4. The Morgan fingerprint density at radius 3 is 2.56 bits per heavy atom. The van der Waals surface area contributed by atoms with Gasteiger partial charge in [-0.1, -0.05) is 6.92 Å². The molecule has 0 spiro atoms. The van der Waals surface area contributed by atoms with Crippen LogP contribution in [-0.2, 0) is 0 Å². The Kier molecular flexibility index (Phi) is 4.75. The summed E-state index contributed by atoms with van der Waals surface area (Å²) in [6, 6.07) is 6.83. The molecule has 34 heavy (non-hydrogen) atoms. The molecule has 0 aliphatic heterocycles. The third kappa shape index (κ3) is 3.29. The third-order valence-electron chi connectivity index (χ3n) is 7.78. The summed E-state index contributed by atoms with van der Waals surface area (Å²) in [5.74, 6) is 1.13. The number of hydrogen-bond acceptors (Lipinski definition) is 5. The monoisotopic (exact) mass is 463 g/mol. The van der Waals surface area contributed by atoms with E-state index in [1.54, 1.807) is 12.3 Å². The number of nitro benzene ring substituents is 1. The highest BCUT2D eigenvalue weighted by molar-refractivity contribution is 5.97. The molecule has 0 saturated heterocycles. The molecular formula is C25H23F2N5O2. The zero-order chi connectivity index (χ0) is 23.6. The van der Waals surface area contributed by atoms with Gasteiger partial charge in [0.25, 0.3) is 5.69 Å². The summed E-state index contributed by atoms with van der Waals surface area (Å²) in [5.41, 5.74) is 0.917. The fourth-order valence-electron chi connectivity index (χ4n) is 5.96. The van der Waals surface area contributed by atoms with Crippen molar-refractivity contribution in [1.82, 2.24) is 15.0 Å². The molecule has 174 valence electrons. The molecule has 3 aliphatic rings. The van der Waals surface area contributed by atoms with Crippen LogP contribution in [0.25, 0.3) is 33.2 Å². The van der Waals surface area contributed by atoms with Gasteiger partial charge in [-0.25, -0.2) is 18.7 Å². The van der Waals surface area contributed by atoms with Gasteiger partial charge in [-0.15, -0.1) is 0 Å². The van der Waals surface area contributed by atoms with E-state index < -0.39 is 16.6 Å². The topological polar surface area (TPSA) is 96.7 Å². The average molecular weight is 463 g/mol. The lowest BCUT2D eigenvalue weighted by Gasteiger charge is -2.47. The summed E-state index contributed by atoms with van der Waals surface area (Å²) in [5, 5.41) is 16.0. The van der Waals surface area contributed by atoms with Gasteiger partial charge in [-0.3, -0.25) is 10.1 Å². The molecule has 2 heterocycles. The summed E-state index contributed by atoms with van der Waals surface area (Å²) in [6.45, 7) is 2.27. The minimum absolute atomic E-state index is 0.0794. The molecule has 0 radical (unpaired) electrons. The van der Waals surface area contributed by atoms with Crippen LogP contribution in [0, 0.1) is 39.5 Å². The number of H-pyrrole nitrogens is 1. The van der Waals surface area contributed by atoms with E-state index in [0.717, 1.165) is 6.07 Å². The maximum atomic E-state index is 14.3. The van der Waals surface area contributed by atoms with Crippen molar-refractivity contribution in [3.8, 4) is 11.4 Å². The number of halogens is 2. The van der Waals surface area contributed by atoms with Gasteiger partial charge in [-0.05, 0) is 55.6 Å². The van der Waals surface area contributed by atoms with E-state index in [9.17, 15) is 18.9 Å². The van der Waals surface area contributed by atoms with E-state index in [-0.39, 0.29) is 23.1 Å². The average Bonchev–Trinajstić information content (AvgIpc) is 3.25. The summed E-state index contributed by atoms with van der Waals surface area (Å²) < 4.78 is 28.3. The van der Waals surface area contributed by atoms with Crippen LogP contribution < -0.4 is 5.32 Å². The first kappa shape index (κ1) is 20.9. The maximum absolute atomic E-state index is 14.3. The molecule has 3 fully saturated rings. The second-order valence-corrected chi connectivity index (χ2v) is 9.57. The molecule has 7 rings (SSSR count). The lowest BCUT2D eigenvalue weighted by molar-refractivity contribution is -0.384. The van der Waals surface area contributed by atoms with Crippen LogP contribution in [0.3, 0.4) is 0 Å². The Bertz CT molecular complexity index is 1440. The van der Waals surface area contributed by atoms with Gasteiger partial charge in [0.1, 0.15) is 17.5 Å². The quantitative estimate of drug-likeness (QED) is 0.277. The van der Waals surface area contributed by atoms with Gasteiger partial charge in [-0.2, -0.15) is 0 Å². The number of nitrogens with zero attached hydrogens (tertiary/aromatic N) is 3. The number of aromatic nitrogens is 3. The number of aromatic amines is 1. The van der Waals surface area contributed by atoms with Crippen LogP contribution in [0.1, 0.15) is 32.6 Å². The zero-order valence-corrected chi connectivity index (χ0v) is 18.5. The molecule has 3 aliphatic carbocycles. The largest absolute Gasteiger partial charge is 0.366 e. The SMILES string of the molecule is C[C@@H]1C2CCC(CC2)[C@H]1Nc1nc(-c2c[nH]c3c(F)cc(F)cc23)nc2cc([N+](=O)[O-])ccc12. The predicted molar refractivity (Wildman–Crippen MR) is 125 cm³/mol. The van der Waals surface area contributed by atoms with E-state index in [1.807, 2.05) is 0 Å². The van der Waals surface area contributed by atoms with E-state index in [2.05, 4.69) is 22.2 Å². The normalized spacial score (nSPS) is 24.1. The molecule has 2 atom stereocenters. The van der Waals surface area contributed by atoms with Crippen LogP contribution in [0.15, 0.2) is 36.5 Å². The number of non-ortho nitro benzene ring substituents is 1. The van der Waals surface area contributed by atoms with Crippen LogP contribution in [0.2, 0.25) is 0 Å². The van der Waals surface area contributed by atoms with Gasteiger partial charge in [0.2, 0.25) is 0 Å². The molecular weight excluding hydrogens is 440 g/mol. The second-order valence-electron chi connectivity index (χ2n) is 9.57. The first-order chi connectivity index (χ1) is 16.4. The summed E-state index contributed by atoms with van der Waals surface area (Å²) >= 11 is 0. The van der Waals surface area contributed by atoms with Crippen molar-refractivity contribution >= 4 is 33.3 Å². The molecule has 2 aromatic heterocycles. The highest BCUT2D eigenvalue weighted by Gasteiger charge is 2.41. The molecule has 7 nitrogen and oxygen atoms in total. The summed E-state index contributed by atoms with van der Waals surface area (Å²) in [7, 11) is 0. The van der Waals surface area contributed by atoms with Crippen molar-refractivity contribution < 1.29 is 13.7 Å². The molecule has 9 heteroatoms.